The van der Waals surface area contributed by atoms with Crippen LogP contribution in [-0.2, 0) is 6.18 Å². The van der Waals surface area contributed by atoms with Crippen molar-refractivity contribution in [2.45, 2.75) is 6.18 Å². The monoisotopic (exact) mass is 397 g/mol. The van der Waals surface area contributed by atoms with E-state index in [2.05, 4.69) is 25.8 Å². The van der Waals surface area contributed by atoms with Crippen molar-refractivity contribution >= 4 is 45.8 Å². The van der Waals surface area contributed by atoms with Gasteiger partial charge in [0.05, 0.1) is 16.7 Å². The molecule has 0 aliphatic rings. The second-order valence-corrected chi connectivity index (χ2v) is 6.35. The van der Waals surface area contributed by atoms with Crippen LogP contribution in [0.25, 0.3) is 0 Å². The molecule has 0 fully saturated rings. The molecule has 3 aromatic rings. The van der Waals surface area contributed by atoms with Crippen LogP contribution in [-0.4, -0.2) is 16.2 Å². The number of hydrogen-bond donors (Lipinski definition) is 2. The molecule has 0 atom stereocenters. The lowest BCUT2D eigenvalue weighted by molar-refractivity contribution is -0.137. The molecule has 0 radical (unpaired) electrons. The molecule has 0 spiro atoms. The number of thiazole rings is 1. The van der Waals surface area contributed by atoms with Crippen molar-refractivity contribution in [1.82, 2.24) is 9.97 Å². The van der Waals surface area contributed by atoms with Crippen LogP contribution in [0.1, 0.15) is 10.4 Å². The maximum Gasteiger partial charge on any atom is 0.417 e. The number of pyridine rings is 1. The smallest absolute Gasteiger partial charge is 0.331 e. The van der Waals surface area contributed by atoms with Gasteiger partial charge in [-0.1, -0.05) is 41.1 Å². The summed E-state index contributed by atoms with van der Waals surface area (Å²) >= 11 is 7.35. The Morgan fingerprint density at radius 2 is 1.88 bits per heavy atom. The summed E-state index contributed by atoms with van der Waals surface area (Å²) in [4.78, 5) is 8.43. The second-order valence-electron chi connectivity index (χ2n) is 4.96. The van der Waals surface area contributed by atoms with Crippen LogP contribution in [0.5, 0.6) is 0 Å². The predicted octanol–water partition coefficient (Wildman–Crippen LogP) is 5.40. The zero-order chi connectivity index (χ0) is 18.6. The highest BCUT2D eigenvalue weighted by atomic mass is 35.5. The lowest BCUT2D eigenvalue weighted by atomic mass is 10.3. The number of nitrogens with one attached hydrogen (secondary N) is 2. The van der Waals surface area contributed by atoms with Gasteiger partial charge in [0, 0.05) is 11.9 Å². The van der Waals surface area contributed by atoms with E-state index in [1.165, 1.54) is 23.6 Å². The van der Waals surface area contributed by atoms with Gasteiger partial charge >= 0.3 is 6.18 Å². The van der Waals surface area contributed by atoms with Gasteiger partial charge in [0.1, 0.15) is 5.82 Å². The van der Waals surface area contributed by atoms with E-state index in [9.17, 15) is 13.2 Å². The number of hydrogen-bond acceptors (Lipinski definition) is 6. The number of halogens is 4. The van der Waals surface area contributed by atoms with Crippen LogP contribution < -0.4 is 10.7 Å². The minimum atomic E-state index is -4.42. The number of benzene rings is 1. The van der Waals surface area contributed by atoms with Crippen LogP contribution >= 0.6 is 22.9 Å². The summed E-state index contributed by atoms with van der Waals surface area (Å²) in [5, 5.41) is 7.90. The van der Waals surface area contributed by atoms with Crippen molar-refractivity contribution in [3.63, 3.8) is 0 Å². The zero-order valence-electron chi connectivity index (χ0n) is 13.0. The van der Waals surface area contributed by atoms with E-state index in [1.807, 2.05) is 30.3 Å². The molecule has 26 heavy (non-hydrogen) atoms. The van der Waals surface area contributed by atoms with Gasteiger partial charge in [0.2, 0.25) is 0 Å². The Hall–Kier alpha value is -2.65. The van der Waals surface area contributed by atoms with Gasteiger partial charge < -0.3 is 5.32 Å². The molecular formula is C16H11ClF3N5S. The first-order valence-electron chi connectivity index (χ1n) is 7.22. The molecule has 0 saturated heterocycles. The van der Waals surface area contributed by atoms with E-state index in [1.54, 1.807) is 0 Å². The molecule has 0 aliphatic heterocycles. The maximum absolute atomic E-state index is 12.5. The maximum atomic E-state index is 12.5. The van der Waals surface area contributed by atoms with E-state index >= 15 is 0 Å². The SMILES string of the molecule is FC(F)(F)c1ccc(NN=Cc2sc(Nc3ccccc3)nc2Cl)nc1. The third kappa shape index (κ3) is 4.70. The average molecular weight is 398 g/mol. The fourth-order valence-corrected chi connectivity index (χ4v) is 2.92. The first kappa shape index (κ1) is 18.2. The Morgan fingerprint density at radius 3 is 2.54 bits per heavy atom. The quantitative estimate of drug-likeness (QED) is 0.447. The van der Waals surface area contributed by atoms with Crippen LogP contribution in [0, 0.1) is 0 Å². The number of hydrazone groups is 1. The van der Waals surface area contributed by atoms with Gasteiger partial charge in [-0.2, -0.15) is 18.3 Å². The summed E-state index contributed by atoms with van der Waals surface area (Å²) < 4.78 is 37.4. The number of nitrogens with zero attached hydrogens (tertiary/aromatic N) is 3. The third-order valence-corrected chi connectivity index (χ3v) is 4.39. The van der Waals surface area contributed by atoms with Gasteiger partial charge in [0.15, 0.2) is 10.3 Å². The van der Waals surface area contributed by atoms with Crippen molar-refractivity contribution in [1.29, 1.82) is 0 Å². The number of para-hydroxylation sites is 1. The molecule has 2 heterocycles. The molecule has 3 rings (SSSR count). The van der Waals surface area contributed by atoms with Crippen LogP contribution in [0.2, 0.25) is 5.15 Å². The third-order valence-electron chi connectivity index (χ3n) is 3.09. The fourth-order valence-electron chi connectivity index (χ4n) is 1.88. The number of alkyl halides is 3. The van der Waals surface area contributed by atoms with E-state index in [-0.39, 0.29) is 11.0 Å². The minimum absolute atomic E-state index is 0.178. The van der Waals surface area contributed by atoms with E-state index in [0.29, 0.717) is 10.0 Å². The summed E-state index contributed by atoms with van der Waals surface area (Å²) in [6.07, 6.45) is -2.26. The van der Waals surface area contributed by atoms with Crippen molar-refractivity contribution < 1.29 is 13.2 Å². The molecule has 0 bridgehead atoms. The summed E-state index contributed by atoms with van der Waals surface area (Å²) in [6.45, 7) is 0. The highest BCUT2D eigenvalue weighted by molar-refractivity contribution is 7.17. The number of rotatable bonds is 5. The van der Waals surface area contributed by atoms with Crippen molar-refractivity contribution in [2.24, 2.45) is 5.10 Å². The van der Waals surface area contributed by atoms with Crippen molar-refractivity contribution in [2.75, 3.05) is 10.7 Å². The first-order chi connectivity index (χ1) is 12.4. The Bertz CT molecular complexity index is 894. The fraction of sp³-hybridized carbons (Fsp3) is 0.0625. The Balaban J connectivity index is 1.63. The molecule has 2 aromatic heterocycles. The van der Waals surface area contributed by atoms with Gasteiger partial charge in [0.25, 0.3) is 0 Å². The molecule has 0 amide bonds. The first-order valence-corrected chi connectivity index (χ1v) is 8.42. The Labute approximate surface area is 155 Å². The summed E-state index contributed by atoms with van der Waals surface area (Å²) in [7, 11) is 0. The zero-order valence-corrected chi connectivity index (χ0v) is 14.5. The standard InChI is InChI=1S/C16H11ClF3N5S/c17-14-12(26-15(24-14)23-11-4-2-1-3-5-11)9-22-25-13-7-6-10(8-21-13)16(18,19)20/h1-9H,(H,21,25)(H,23,24). The highest BCUT2D eigenvalue weighted by Crippen LogP contribution is 2.29. The van der Waals surface area contributed by atoms with E-state index < -0.39 is 11.7 Å². The second kappa shape index (κ2) is 7.71. The molecule has 5 nitrogen and oxygen atoms in total. The lowest BCUT2D eigenvalue weighted by Crippen LogP contribution is -2.05. The van der Waals surface area contributed by atoms with Crippen molar-refractivity contribution in [3.8, 4) is 0 Å². The molecule has 1 aromatic carbocycles. The Morgan fingerprint density at radius 1 is 1.12 bits per heavy atom. The van der Waals surface area contributed by atoms with Crippen molar-refractivity contribution in [3.05, 3.63) is 64.3 Å². The molecule has 2 N–H and O–H groups in total. The predicted molar refractivity (Wildman–Crippen MR) is 97.3 cm³/mol. The van der Waals surface area contributed by atoms with Crippen LogP contribution in [0.15, 0.2) is 53.8 Å². The normalized spacial score (nSPS) is 11.7. The molecule has 0 aliphatic carbocycles. The topological polar surface area (TPSA) is 62.2 Å². The summed E-state index contributed by atoms with van der Waals surface area (Å²) in [6, 6.07) is 11.6. The van der Waals surface area contributed by atoms with Gasteiger partial charge in [-0.25, -0.2) is 9.97 Å². The summed E-state index contributed by atoms with van der Waals surface area (Å²) in [5.41, 5.74) is 2.59. The number of anilines is 3. The molecule has 0 saturated carbocycles. The minimum Gasteiger partial charge on any atom is -0.331 e. The molecular weight excluding hydrogens is 387 g/mol. The van der Waals surface area contributed by atoms with Gasteiger partial charge in [-0.3, -0.25) is 5.43 Å². The summed E-state index contributed by atoms with van der Waals surface area (Å²) in [5.74, 6) is 0.178. The lowest BCUT2D eigenvalue weighted by Gasteiger charge is -2.06. The highest BCUT2D eigenvalue weighted by Gasteiger charge is 2.30. The van der Waals surface area contributed by atoms with Crippen LogP contribution in [0.3, 0.4) is 0 Å². The number of aromatic nitrogens is 2. The molecule has 10 heteroatoms. The van der Waals surface area contributed by atoms with Gasteiger partial charge in [-0.15, -0.1) is 0 Å². The molecule has 0 unspecified atom stereocenters. The average Bonchev–Trinajstić information content (AvgIpc) is 2.95. The van der Waals surface area contributed by atoms with E-state index in [4.69, 9.17) is 11.6 Å². The largest absolute Gasteiger partial charge is 0.417 e. The van der Waals surface area contributed by atoms with E-state index in [0.717, 1.165) is 18.0 Å². The van der Waals surface area contributed by atoms with Gasteiger partial charge in [-0.05, 0) is 24.3 Å². The Kier molecular flexibility index (Phi) is 5.38. The van der Waals surface area contributed by atoms with Crippen LogP contribution in [0.4, 0.5) is 29.8 Å². The molecule has 134 valence electrons.